The Hall–Kier alpha value is -3.77. The Morgan fingerprint density at radius 2 is 1.79 bits per heavy atom. The second kappa shape index (κ2) is 13.2. The van der Waals surface area contributed by atoms with Gasteiger partial charge in [-0.3, -0.25) is 19.2 Å². The number of carbonyl (C=O) groups is 4. The Morgan fingerprint density at radius 1 is 1.08 bits per heavy atom. The van der Waals surface area contributed by atoms with Gasteiger partial charge in [0, 0.05) is 12.6 Å². The van der Waals surface area contributed by atoms with Crippen LogP contribution in [-0.4, -0.2) is 72.1 Å². The highest BCUT2D eigenvalue weighted by molar-refractivity contribution is 6.50. The third kappa shape index (κ3) is 7.62. The Morgan fingerprint density at radius 3 is 2.42 bits per heavy atom. The molecule has 0 unspecified atom stereocenters. The Balaban J connectivity index is 1.75. The van der Waals surface area contributed by atoms with E-state index < -0.39 is 55.0 Å². The average molecular weight is 524 g/mol. The molecule has 11 nitrogen and oxygen atoms in total. The molecule has 1 saturated heterocycles. The predicted octanol–water partition coefficient (Wildman–Crippen LogP) is 0.864. The highest BCUT2D eigenvalue weighted by atomic mass is 16.6. The molecule has 2 heterocycles. The first-order valence-electron chi connectivity index (χ1n) is 12.5. The van der Waals surface area contributed by atoms with E-state index in [0.717, 1.165) is 5.56 Å². The molecule has 0 radical (unpaired) electrons. The number of pyridine rings is 1. The lowest BCUT2D eigenvalue weighted by Gasteiger charge is -2.32. The minimum absolute atomic E-state index is 0.0486. The maximum atomic E-state index is 13.2. The van der Waals surface area contributed by atoms with E-state index in [1.165, 1.54) is 20.0 Å². The van der Waals surface area contributed by atoms with Crippen LogP contribution < -0.4 is 16.0 Å². The first-order chi connectivity index (χ1) is 18.1. The SMILES string of the molecule is CNC(=O)[C@H]1CC(=O)OB([C@H](CC(C)C)NC(=O)[C@@H](NC(=O)c2cccc(-c3ccccc3)n2)[C@@H](C)O)O1. The lowest BCUT2D eigenvalue weighted by Crippen LogP contribution is -2.61. The molecule has 0 aliphatic carbocycles. The highest BCUT2D eigenvalue weighted by Crippen LogP contribution is 2.19. The van der Waals surface area contributed by atoms with Gasteiger partial charge < -0.3 is 30.4 Å². The van der Waals surface area contributed by atoms with Gasteiger partial charge in [-0.25, -0.2) is 4.98 Å². The molecule has 2 aromatic rings. The quantitative estimate of drug-likeness (QED) is 0.334. The Bertz CT molecular complexity index is 1150. The van der Waals surface area contributed by atoms with Gasteiger partial charge in [-0.1, -0.05) is 50.2 Å². The van der Waals surface area contributed by atoms with Crippen molar-refractivity contribution in [3.63, 3.8) is 0 Å². The summed E-state index contributed by atoms with van der Waals surface area (Å²) >= 11 is 0. The smallest absolute Gasteiger partial charge is 0.508 e. The Kier molecular flexibility index (Phi) is 9.97. The van der Waals surface area contributed by atoms with E-state index in [4.69, 9.17) is 9.31 Å². The number of nitrogens with one attached hydrogen (secondary N) is 3. The molecule has 4 atom stereocenters. The lowest BCUT2D eigenvalue weighted by molar-refractivity contribution is -0.149. The zero-order valence-electron chi connectivity index (χ0n) is 21.8. The second-order valence-electron chi connectivity index (χ2n) is 9.51. The van der Waals surface area contributed by atoms with E-state index in [9.17, 15) is 24.3 Å². The van der Waals surface area contributed by atoms with Crippen LogP contribution in [-0.2, 0) is 23.7 Å². The van der Waals surface area contributed by atoms with Crippen LogP contribution in [0.15, 0.2) is 48.5 Å². The standard InChI is InChI=1S/C26H33BN4O7/c1-15(2)13-21(27-37-20(25(35)28-4)14-22(33)38-27)30-26(36)23(16(3)32)31-24(34)19-12-8-11-18(29-19)17-9-6-5-7-10-17/h5-12,15-16,20-21,23,32H,13-14H2,1-4H3,(H,28,35)(H,30,36)(H,31,34)/t16-,20-,21+,23+/m1/s1. The van der Waals surface area contributed by atoms with Crippen molar-refractivity contribution in [2.75, 3.05) is 7.05 Å². The monoisotopic (exact) mass is 524 g/mol. The summed E-state index contributed by atoms with van der Waals surface area (Å²) in [5.74, 6) is -3.27. The number of likely N-dealkylation sites (N-methyl/N-ethyl adjacent to an activating group) is 1. The van der Waals surface area contributed by atoms with E-state index in [1.807, 2.05) is 44.2 Å². The fourth-order valence-corrected chi connectivity index (χ4v) is 4.03. The van der Waals surface area contributed by atoms with E-state index in [0.29, 0.717) is 12.1 Å². The average Bonchev–Trinajstić information content (AvgIpc) is 2.90. The molecule has 1 aliphatic rings. The molecule has 3 rings (SSSR count). The first kappa shape index (κ1) is 28.8. The van der Waals surface area contributed by atoms with E-state index in [2.05, 4.69) is 20.9 Å². The van der Waals surface area contributed by atoms with Gasteiger partial charge in [0.25, 0.3) is 11.9 Å². The van der Waals surface area contributed by atoms with Crippen LogP contribution in [0.4, 0.5) is 0 Å². The molecule has 1 aromatic carbocycles. The Labute approximate surface area is 221 Å². The molecule has 0 saturated carbocycles. The fraction of sp³-hybridized carbons (Fsp3) is 0.423. The highest BCUT2D eigenvalue weighted by Gasteiger charge is 2.44. The number of aliphatic hydroxyl groups is 1. The van der Waals surface area contributed by atoms with Crippen LogP contribution >= 0.6 is 0 Å². The number of hydrogen-bond donors (Lipinski definition) is 4. The number of carbonyl (C=O) groups excluding carboxylic acids is 4. The van der Waals surface area contributed by atoms with Gasteiger partial charge in [-0.2, -0.15) is 0 Å². The molecule has 4 N–H and O–H groups in total. The van der Waals surface area contributed by atoms with Crippen LogP contribution in [0.1, 0.15) is 44.1 Å². The molecule has 1 fully saturated rings. The second-order valence-corrected chi connectivity index (χ2v) is 9.51. The summed E-state index contributed by atoms with van der Waals surface area (Å²) in [6.07, 6.45) is -2.23. The summed E-state index contributed by atoms with van der Waals surface area (Å²) in [6, 6.07) is 12.9. The fourth-order valence-electron chi connectivity index (χ4n) is 4.03. The van der Waals surface area contributed by atoms with Gasteiger partial charge >= 0.3 is 7.12 Å². The van der Waals surface area contributed by atoms with Crippen LogP contribution in [0.25, 0.3) is 11.3 Å². The van der Waals surface area contributed by atoms with Gasteiger partial charge in [-0.05, 0) is 31.4 Å². The van der Waals surface area contributed by atoms with Crippen molar-refractivity contribution < 1.29 is 33.6 Å². The molecule has 38 heavy (non-hydrogen) atoms. The maximum absolute atomic E-state index is 13.2. The summed E-state index contributed by atoms with van der Waals surface area (Å²) in [6.45, 7) is 5.17. The summed E-state index contributed by atoms with van der Waals surface area (Å²) in [4.78, 5) is 54.9. The number of aliphatic hydroxyl groups excluding tert-OH is 1. The number of benzene rings is 1. The van der Waals surface area contributed by atoms with Crippen LogP contribution in [0.5, 0.6) is 0 Å². The lowest BCUT2D eigenvalue weighted by atomic mass is 9.72. The van der Waals surface area contributed by atoms with Crippen molar-refractivity contribution in [2.24, 2.45) is 5.92 Å². The number of rotatable bonds is 10. The van der Waals surface area contributed by atoms with Gasteiger partial charge in [0.2, 0.25) is 11.8 Å². The number of aromatic nitrogens is 1. The molecule has 1 aliphatic heterocycles. The molecule has 3 amide bonds. The largest absolute Gasteiger partial charge is 0.551 e. The topological polar surface area (TPSA) is 156 Å². The zero-order chi connectivity index (χ0) is 27.8. The third-order valence-electron chi connectivity index (χ3n) is 5.92. The minimum atomic E-state index is -1.34. The third-order valence-corrected chi connectivity index (χ3v) is 5.92. The van der Waals surface area contributed by atoms with Crippen molar-refractivity contribution >= 4 is 30.8 Å². The van der Waals surface area contributed by atoms with Crippen molar-refractivity contribution in [1.82, 2.24) is 20.9 Å². The molecular formula is C26H33BN4O7. The predicted molar refractivity (Wildman–Crippen MR) is 139 cm³/mol. The van der Waals surface area contributed by atoms with Crippen LogP contribution in [0.2, 0.25) is 0 Å². The van der Waals surface area contributed by atoms with Crippen molar-refractivity contribution in [1.29, 1.82) is 0 Å². The molecule has 12 heteroatoms. The number of hydrogen-bond acceptors (Lipinski definition) is 8. The van der Waals surface area contributed by atoms with Crippen molar-refractivity contribution in [3.8, 4) is 11.3 Å². The first-order valence-corrected chi connectivity index (χ1v) is 12.5. The molecule has 0 spiro atoms. The molecule has 0 bridgehead atoms. The van der Waals surface area contributed by atoms with Gasteiger partial charge in [0.15, 0.2) is 0 Å². The van der Waals surface area contributed by atoms with Crippen molar-refractivity contribution in [3.05, 3.63) is 54.2 Å². The molecular weight excluding hydrogens is 491 g/mol. The molecule has 202 valence electrons. The molecule has 1 aromatic heterocycles. The summed E-state index contributed by atoms with van der Waals surface area (Å²) in [5.41, 5.74) is 1.47. The zero-order valence-corrected chi connectivity index (χ0v) is 21.8. The van der Waals surface area contributed by atoms with Gasteiger partial charge in [0.05, 0.1) is 24.2 Å². The van der Waals surface area contributed by atoms with Gasteiger partial charge in [-0.15, -0.1) is 0 Å². The van der Waals surface area contributed by atoms with E-state index in [1.54, 1.807) is 12.1 Å². The van der Waals surface area contributed by atoms with Crippen molar-refractivity contribution in [2.45, 2.75) is 57.8 Å². The normalized spacial score (nSPS) is 17.7. The van der Waals surface area contributed by atoms with Crippen LogP contribution in [0.3, 0.4) is 0 Å². The summed E-state index contributed by atoms with van der Waals surface area (Å²) < 4.78 is 11.0. The van der Waals surface area contributed by atoms with Crippen LogP contribution in [0, 0.1) is 5.92 Å². The van der Waals surface area contributed by atoms with E-state index in [-0.39, 0.29) is 18.0 Å². The van der Waals surface area contributed by atoms with Gasteiger partial charge in [0.1, 0.15) is 17.8 Å². The summed E-state index contributed by atoms with van der Waals surface area (Å²) in [7, 11) is 0.202. The number of nitrogens with zero attached hydrogens (tertiary/aromatic N) is 1. The van der Waals surface area contributed by atoms with E-state index >= 15 is 0 Å². The summed E-state index contributed by atoms with van der Waals surface area (Å²) in [5, 5.41) is 18.0. The number of amides is 3. The maximum Gasteiger partial charge on any atom is 0.551 e. The minimum Gasteiger partial charge on any atom is -0.508 e.